The predicted octanol–water partition coefficient (Wildman–Crippen LogP) is 7.76. The van der Waals surface area contributed by atoms with Crippen molar-refractivity contribution in [1.82, 2.24) is 9.97 Å². The van der Waals surface area contributed by atoms with Crippen LogP contribution < -0.4 is 0 Å². The number of hydrogen-bond donors (Lipinski definition) is 0. The van der Waals surface area contributed by atoms with Crippen LogP contribution in [0.2, 0.25) is 0 Å². The van der Waals surface area contributed by atoms with Crippen molar-refractivity contribution in [2.45, 2.75) is 0 Å². The molecule has 1 aliphatic carbocycles. The van der Waals surface area contributed by atoms with Crippen LogP contribution in [0.3, 0.4) is 0 Å². The van der Waals surface area contributed by atoms with E-state index in [-0.39, 0.29) is 0 Å². The van der Waals surface area contributed by atoms with E-state index < -0.39 is 0 Å². The maximum atomic E-state index is 5.02. The lowest BCUT2D eigenvalue weighted by Gasteiger charge is -2.17. The number of benzene rings is 4. The van der Waals surface area contributed by atoms with E-state index in [2.05, 4.69) is 102 Å². The number of fused-ring (bicyclic) bond motifs is 4. The molecule has 2 nitrogen and oxygen atoms in total. The Kier molecular flexibility index (Phi) is 3.58. The molecular formula is C30H18N2. The summed E-state index contributed by atoms with van der Waals surface area (Å²) in [5, 5.41) is 3.59. The molecule has 7 rings (SSSR count). The van der Waals surface area contributed by atoms with Crippen LogP contribution in [0.1, 0.15) is 0 Å². The molecule has 1 aliphatic rings. The molecule has 2 heteroatoms. The summed E-state index contributed by atoms with van der Waals surface area (Å²) in [5.74, 6) is 0. The molecule has 0 saturated carbocycles. The zero-order chi connectivity index (χ0) is 21.1. The van der Waals surface area contributed by atoms with Gasteiger partial charge in [0.05, 0.1) is 5.69 Å². The zero-order valence-corrected chi connectivity index (χ0v) is 17.3. The summed E-state index contributed by atoms with van der Waals surface area (Å²) in [7, 11) is 0. The molecule has 0 fully saturated rings. The second-order valence-electron chi connectivity index (χ2n) is 8.24. The molecule has 0 aliphatic heterocycles. The van der Waals surface area contributed by atoms with Gasteiger partial charge in [0.2, 0.25) is 0 Å². The fourth-order valence-electron chi connectivity index (χ4n) is 5.07. The smallest absolute Gasteiger partial charge is 0.159 e. The van der Waals surface area contributed by atoms with E-state index in [1.807, 2.05) is 12.3 Å². The molecule has 0 atom stereocenters. The zero-order valence-electron chi connectivity index (χ0n) is 17.3. The Morgan fingerprint density at radius 1 is 0.500 bits per heavy atom. The lowest BCUT2D eigenvalue weighted by atomic mass is 9.86. The SMILES string of the molecule is c1ccc(-c2cc3cccc4c3c(c2-c2ccccc2)-c2cc3cccnc3nc2-4)cc1. The predicted molar refractivity (Wildman–Crippen MR) is 132 cm³/mol. The van der Waals surface area contributed by atoms with Gasteiger partial charge in [0.15, 0.2) is 5.65 Å². The third-order valence-corrected chi connectivity index (χ3v) is 6.43. The van der Waals surface area contributed by atoms with Crippen LogP contribution in [0.25, 0.3) is 66.4 Å². The summed E-state index contributed by atoms with van der Waals surface area (Å²) in [4.78, 5) is 9.54. The fourth-order valence-corrected chi connectivity index (χ4v) is 5.07. The summed E-state index contributed by atoms with van der Waals surface area (Å²) < 4.78 is 0. The van der Waals surface area contributed by atoms with Gasteiger partial charge in [-0.15, -0.1) is 0 Å². The second kappa shape index (κ2) is 6.60. The number of rotatable bonds is 2. The second-order valence-corrected chi connectivity index (χ2v) is 8.24. The lowest BCUT2D eigenvalue weighted by molar-refractivity contribution is 1.30. The van der Waals surface area contributed by atoms with E-state index in [0.717, 1.165) is 16.7 Å². The molecule has 0 saturated heterocycles. The maximum absolute atomic E-state index is 5.02. The van der Waals surface area contributed by atoms with E-state index in [1.54, 1.807) is 0 Å². The molecule has 2 heterocycles. The highest BCUT2D eigenvalue weighted by molar-refractivity contribution is 6.21. The van der Waals surface area contributed by atoms with Crippen LogP contribution in [0, 0.1) is 0 Å². The molecule has 0 radical (unpaired) electrons. The third kappa shape index (κ3) is 2.41. The summed E-state index contributed by atoms with van der Waals surface area (Å²) in [5.41, 5.74) is 10.4. The average molecular weight is 406 g/mol. The van der Waals surface area contributed by atoms with Gasteiger partial charge in [0.1, 0.15) is 0 Å². The largest absolute Gasteiger partial charge is 0.237 e. The van der Waals surface area contributed by atoms with Crippen molar-refractivity contribution >= 4 is 21.8 Å². The Hall–Kier alpha value is -4.30. The molecule has 2 aromatic heterocycles. The first-order valence-electron chi connectivity index (χ1n) is 10.9. The van der Waals surface area contributed by atoms with E-state index in [1.165, 1.54) is 49.7 Å². The highest BCUT2D eigenvalue weighted by Gasteiger charge is 2.28. The van der Waals surface area contributed by atoms with Gasteiger partial charge in [-0.2, -0.15) is 0 Å². The highest BCUT2D eigenvalue weighted by atomic mass is 14.8. The van der Waals surface area contributed by atoms with E-state index in [4.69, 9.17) is 4.98 Å². The Morgan fingerprint density at radius 2 is 1.22 bits per heavy atom. The first kappa shape index (κ1) is 17.4. The molecule has 0 N–H and O–H groups in total. The van der Waals surface area contributed by atoms with Gasteiger partial charge >= 0.3 is 0 Å². The minimum atomic E-state index is 0.792. The van der Waals surface area contributed by atoms with Gasteiger partial charge in [0, 0.05) is 28.3 Å². The quantitative estimate of drug-likeness (QED) is 0.293. The number of aromatic nitrogens is 2. The van der Waals surface area contributed by atoms with Gasteiger partial charge in [-0.25, -0.2) is 9.97 Å². The van der Waals surface area contributed by atoms with Crippen LogP contribution in [0.15, 0.2) is 109 Å². The van der Waals surface area contributed by atoms with Crippen LogP contribution in [-0.2, 0) is 0 Å². The fraction of sp³-hybridized carbons (Fsp3) is 0. The number of nitrogens with zero attached hydrogens (tertiary/aromatic N) is 2. The van der Waals surface area contributed by atoms with Crippen molar-refractivity contribution in [3.05, 3.63) is 109 Å². The van der Waals surface area contributed by atoms with Gasteiger partial charge in [-0.3, -0.25) is 0 Å². The Morgan fingerprint density at radius 3 is 2.03 bits per heavy atom. The van der Waals surface area contributed by atoms with Crippen molar-refractivity contribution in [3.63, 3.8) is 0 Å². The molecule has 4 aromatic carbocycles. The maximum Gasteiger partial charge on any atom is 0.159 e. The van der Waals surface area contributed by atoms with Crippen molar-refractivity contribution in [1.29, 1.82) is 0 Å². The van der Waals surface area contributed by atoms with Crippen molar-refractivity contribution in [2.24, 2.45) is 0 Å². The molecule has 0 bridgehead atoms. The molecule has 32 heavy (non-hydrogen) atoms. The van der Waals surface area contributed by atoms with E-state index in [9.17, 15) is 0 Å². The summed E-state index contributed by atoms with van der Waals surface area (Å²) in [6.07, 6.45) is 1.81. The van der Waals surface area contributed by atoms with Crippen LogP contribution in [0.5, 0.6) is 0 Å². The van der Waals surface area contributed by atoms with Crippen molar-refractivity contribution in [2.75, 3.05) is 0 Å². The Labute approximate surface area is 185 Å². The molecule has 0 spiro atoms. The number of pyridine rings is 2. The molecular weight excluding hydrogens is 388 g/mol. The first-order valence-corrected chi connectivity index (χ1v) is 10.9. The van der Waals surface area contributed by atoms with Gasteiger partial charge in [-0.05, 0) is 57.3 Å². The summed E-state index contributed by atoms with van der Waals surface area (Å²) in [6, 6.07) is 36.6. The topological polar surface area (TPSA) is 25.8 Å². The highest BCUT2D eigenvalue weighted by Crippen LogP contribution is 2.53. The minimum Gasteiger partial charge on any atom is -0.237 e. The molecule has 6 aromatic rings. The third-order valence-electron chi connectivity index (χ3n) is 6.43. The van der Waals surface area contributed by atoms with Crippen LogP contribution in [0.4, 0.5) is 0 Å². The summed E-state index contributed by atoms with van der Waals surface area (Å²) in [6.45, 7) is 0. The molecule has 148 valence electrons. The number of hydrogen-bond acceptors (Lipinski definition) is 2. The van der Waals surface area contributed by atoms with E-state index >= 15 is 0 Å². The average Bonchev–Trinajstić information content (AvgIpc) is 3.18. The normalized spacial score (nSPS) is 11.8. The lowest BCUT2D eigenvalue weighted by Crippen LogP contribution is -1.91. The monoisotopic (exact) mass is 406 g/mol. The van der Waals surface area contributed by atoms with Crippen molar-refractivity contribution < 1.29 is 0 Å². The van der Waals surface area contributed by atoms with Gasteiger partial charge in [0.25, 0.3) is 0 Å². The van der Waals surface area contributed by atoms with E-state index in [0.29, 0.717) is 0 Å². The standard InChI is InChI=1S/C30H18N2/c1-3-9-19(10-4-1)24-17-21-13-7-15-23-27(21)28(26(24)20-11-5-2-6-12-20)25-18-22-14-8-16-31-30(22)32-29(23)25/h1-18H. The Bertz CT molecular complexity index is 1650. The first-order chi connectivity index (χ1) is 15.9. The molecule has 0 unspecified atom stereocenters. The van der Waals surface area contributed by atoms with Crippen LogP contribution in [-0.4, -0.2) is 9.97 Å². The van der Waals surface area contributed by atoms with Gasteiger partial charge < -0.3 is 0 Å². The van der Waals surface area contributed by atoms with Crippen molar-refractivity contribution in [3.8, 4) is 44.6 Å². The Balaban J connectivity index is 1.69. The van der Waals surface area contributed by atoms with Crippen LogP contribution >= 0.6 is 0 Å². The summed E-state index contributed by atoms with van der Waals surface area (Å²) >= 11 is 0. The minimum absolute atomic E-state index is 0.792. The van der Waals surface area contributed by atoms with Gasteiger partial charge in [-0.1, -0.05) is 78.9 Å². The molecule has 0 amide bonds.